The minimum atomic E-state index is -4.35. The third kappa shape index (κ3) is 7.07. The second-order valence-electron chi connectivity index (χ2n) is 2.64. The van der Waals surface area contributed by atoms with E-state index in [2.05, 4.69) is 4.52 Å². The molecule has 2 unspecified atom stereocenters. The number of hydrogen-bond donors (Lipinski definition) is 2. The second kappa shape index (κ2) is 5.20. The lowest BCUT2D eigenvalue weighted by Crippen LogP contribution is -2.14. The summed E-state index contributed by atoms with van der Waals surface area (Å²) in [7, 11) is -4.35. The first-order valence-corrected chi connectivity index (χ1v) is 5.70. The van der Waals surface area contributed by atoms with Crippen molar-refractivity contribution in [1.82, 2.24) is 0 Å². The zero-order valence-electron chi connectivity index (χ0n) is 7.11. The van der Waals surface area contributed by atoms with Gasteiger partial charge in [0.25, 0.3) is 0 Å². The third-order valence-corrected chi connectivity index (χ3v) is 2.08. The minimum absolute atomic E-state index is 0.138. The van der Waals surface area contributed by atoms with Gasteiger partial charge in [0.1, 0.15) is 0 Å². The maximum absolute atomic E-state index is 10.4. The van der Waals surface area contributed by atoms with Gasteiger partial charge in [-0.05, 0) is 19.8 Å². The number of rotatable bonds is 5. The summed E-state index contributed by atoms with van der Waals surface area (Å²) in [6.45, 7) is 3.55. The van der Waals surface area contributed by atoms with E-state index in [4.69, 9.17) is 21.4 Å². The SMILES string of the molecule is CCC(CC(C)Cl)OP(=O)(O)O. The molecular weight excluding hydrogens is 202 g/mol. The molecule has 2 N–H and O–H groups in total. The second-order valence-corrected chi connectivity index (χ2v) is 4.58. The number of halogens is 1. The Hall–Kier alpha value is 0.400. The molecule has 0 bridgehead atoms. The third-order valence-electron chi connectivity index (χ3n) is 1.33. The number of hydrogen-bond acceptors (Lipinski definition) is 2. The van der Waals surface area contributed by atoms with Crippen molar-refractivity contribution in [1.29, 1.82) is 0 Å². The summed E-state index contributed by atoms with van der Waals surface area (Å²) in [6.07, 6.45) is 0.532. The van der Waals surface area contributed by atoms with Crippen LogP contribution in [0.5, 0.6) is 0 Å². The van der Waals surface area contributed by atoms with Gasteiger partial charge in [-0.15, -0.1) is 11.6 Å². The van der Waals surface area contributed by atoms with Gasteiger partial charge in [-0.25, -0.2) is 4.57 Å². The van der Waals surface area contributed by atoms with Gasteiger partial charge < -0.3 is 9.79 Å². The molecule has 0 radical (unpaired) electrons. The molecule has 2 atom stereocenters. The molecule has 0 spiro atoms. The van der Waals surface area contributed by atoms with Crippen molar-refractivity contribution < 1.29 is 18.9 Å². The van der Waals surface area contributed by atoms with Crippen LogP contribution in [0.3, 0.4) is 0 Å². The van der Waals surface area contributed by atoms with E-state index in [0.717, 1.165) is 0 Å². The van der Waals surface area contributed by atoms with Gasteiger partial charge in [-0.1, -0.05) is 6.92 Å². The molecule has 0 aromatic rings. The molecule has 6 heteroatoms. The molecule has 0 aliphatic heterocycles. The lowest BCUT2D eigenvalue weighted by molar-refractivity contribution is 0.124. The molecule has 0 saturated carbocycles. The standard InChI is InChI=1S/C6H14ClO4P/c1-3-6(4-5(2)7)11-12(8,9)10/h5-6H,3-4H2,1-2H3,(H2,8,9,10). The van der Waals surface area contributed by atoms with E-state index in [0.29, 0.717) is 12.8 Å². The summed E-state index contributed by atoms with van der Waals surface area (Å²) in [4.78, 5) is 17.0. The Morgan fingerprint density at radius 2 is 2.08 bits per heavy atom. The fraction of sp³-hybridized carbons (Fsp3) is 1.00. The average molecular weight is 217 g/mol. The van der Waals surface area contributed by atoms with Crippen molar-refractivity contribution in [2.24, 2.45) is 0 Å². The van der Waals surface area contributed by atoms with Crippen LogP contribution in [0.1, 0.15) is 26.7 Å². The van der Waals surface area contributed by atoms with Gasteiger partial charge >= 0.3 is 7.82 Å². The molecule has 12 heavy (non-hydrogen) atoms. The minimum Gasteiger partial charge on any atom is -0.303 e. The molecular formula is C6H14ClO4P. The van der Waals surface area contributed by atoms with Crippen molar-refractivity contribution in [3.8, 4) is 0 Å². The first-order valence-electron chi connectivity index (χ1n) is 3.73. The Kier molecular flexibility index (Phi) is 5.37. The van der Waals surface area contributed by atoms with Crippen LogP contribution in [0.25, 0.3) is 0 Å². The topological polar surface area (TPSA) is 66.8 Å². The monoisotopic (exact) mass is 216 g/mol. The van der Waals surface area contributed by atoms with Crippen LogP contribution in [0.4, 0.5) is 0 Å². The summed E-state index contributed by atoms with van der Waals surface area (Å²) < 4.78 is 14.9. The van der Waals surface area contributed by atoms with Gasteiger partial charge in [-0.2, -0.15) is 0 Å². The van der Waals surface area contributed by atoms with Crippen molar-refractivity contribution in [3.63, 3.8) is 0 Å². The maximum atomic E-state index is 10.4. The summed E-state index contributed by atoms with van der Waals surface area (Å²) in [6, 6.07) is 0. The van der Waals surface area contributed by atoms with Crippen molar-refractivity contribution >= 4 is 19.4 Å². The zero-order valence-corrected chi connectivity index (χ0v) is 8.76. The van der Waals surface area contributed by atoms with E-state index in [-0.39, 0.29) is 5.38 Å². The van der Waals surface area contributed by atoms with Gasteiger partial charge in [0.05, 0.1) is 6.10 Å². The Morgan fingerprint density at radius 1 is 1.58 bits per heavy atom. The van der Waals surface area contributed by atoms with Gasteiger partial charge in [0.15, 0.2) is 0 Å². The van der Waals surface area contributed by atoms with E-state index in [1.807, 2.05) is 0 Å². The highest BCUT2D eigenvalue weighted by Crippen LogP contribution is 2.39. The van der Waals surface area contributed by atoms with Crippen LogP contribution in [-0.4, -0.2) is 21.3 Å². The Bertz CT molecular complexity index is 167. The van der Waals surface area contributed by atoms with Gasteiger partial charge in [0.2, 0.25) is 0 Å². The normalized spacial score (nSPS) is 17.4. The Morgan fingerprint density at radius 3 is 2.33 bits per heavy atom. The highest BCUT2D eigenvalue weighted by Gasteiger charge is 2.21. The molecule has 4 nitrogen and oxygen atoms in total. The lowest BCUT2D eigenvalue weighted by Gasteiger charge is -2.17. The predicted octanol–water partition coefficient (Wildman–Crippen LogP) is 1.89. The molecule has 0 rings (SSSR count). The summed E-state index contributed by atoms with van der Waals surface area (Å²) in [5.74, 6) is 0. The largest absolute Gasteiger partial charge is 0.469 e. The van der Waals surface area contributed by atoms with Gasteiger partial charge in [0, 0.05) is 5.38 Å². The number of phosphoric acid groups is 1. The van der Waals surface area contributed by atoms with Crippen LogP contribution in [0.15, 0.2) is 0 Å². The number of alkyl halides is 1. The van der Waals surface area contributed by atoms with Crippen molar-refractivity contribution in [3.05, 3.63) is 0 Å². The molecule has 0 saturated heterocycles. The van der Waals surface area contributed by atoms with Crippen LogP contribution in [0.2, 0.25) is 0 Å². The van der Waals surface area contributed by atoms with Crippen LogP contribution in [0, 0.1) is 0 Å². The predicted molar refractivity (Wildman–Crippen MR) is 47.1 cm³/mol. The molecule has 0 fully saturated rings. The highest BCUT2D eigenvalue weighted by molar-refractivity contribution is 7.46. The van der Waals surface area contributed by atoms with Crippen molar-refractivity contribution in [2.45, 2.75) is 38.2 Å². The van der Waals surface area contributed by atoms with E-state index >= 15 is 0 Å². The molecule has 0 aromatic heterocycles. The molecule has 0 aromatic carbocycles. The van der Waals surface area contributed by atoms with Gasteiger partial charge in [-0.3, -0.25) is 4.52 Å². The first kappa shape index (κ1) is 12.4. The smallest absolute Gasteiger partial charge is 0.303 e. The number of phosphoric ester groups is 1. The van der Waals surface area contributed by atoms with Crippen molar-refractivity contribution in [2.75, 3.05) is 0 Å². The van der Waals surface area contributed by atoms with E-state index in [9.17, 15) is 4.57 Å². The van der Waals surface area contributed by atoms with E-state index in [1.54, 1.807) is 13.8 Å². The molecule has 0 amide bonds. The molecule has 0 aliphatic carbocycles. The summed E-state index contributed by atoms with van der Waals surface area (Å²) in [5, 5.41) is -0.138. The quantitative estimate of drug-likeness (QED) is 0.544. The zero-order chi connectivity index (χ0) is 9.78. The summed E-state index contributed by atoms with van der Waals surface area (Å²) >= 11 is 5.65. The Labute approximate surface area is 77.1 Å². The maximum Gasteiger partial charge on any atom is 0.469 e. The van der Waals surface area contributed by atoms with Crippen LogP contribution < -0.4 is 0 Å². The fourth-order valence-electron chi connectivity index (χ4n) is 0.841. The lowest BCUT2D eigenvalue weighted by atomic mass is 10.2. The summed E-state index contributed by atoms with van der Waals surface area (Å²) in [5.41, 5.74) is 0. The van der Waals surface area contributed by atoms with E-state index < -0.39 is 13.9 Å². The molecule has 74 valence electrons. The Balaban J connectivity index is 3.92. The average Bonchev–Trinajstić information content (AvgIpc) is 1.82. The van der Waals surface area contributed by atoms with E-state index in [1.165, 1.54) is 0 Å². The molecule has 0 heterocycles. The first-order chi connectivity index (χ1) is 5.35. The fourth-order valence-corrected chi connectivity index (χ4v) is 1.66. The highest BCUT2D eigenvalue weighted by atomic mass is 35.5. The van der Waals surface area contributed by atoms with Crippen LogP contribution >= 0.6 is 19.4 Å². The van der Waals surface area contributed by atoms with Crippen LogP contribution in [-0.2, 0) is 9.09 Å². The molecule has 0 aliphatic rings.